The van der Waals surface area contributed by atoms with Crippen molar-refractivity contribution in [1.29, 1.82) is 0 Å². The Labute approximate surface area is 115 Å². The number of likely N-dealkylation sites (tertiary alicyclic amines) is 1. The maximum atomic E-state index is 11.5. The van der Waals surface area contributed by atoms with Gasteiger partial charge in [-0.1, -0.05) is 18.2 Å². The summed E-state index contributed by atoms with van der Waals surface area (Å²) in [4.78, 5) is 13.7. The van der Waals surface area contributed by atoms with E-state index in [4.69, 9.17) is 0 Å². The van der Waals surface area contributed by atoms with Crippen LogP contribution in [0.5, 0.6) is 0 Å². The molecule has 1 fully saturated rings. The molecule has 1 aliphatic heterocycles. The lowest BCUT2D eigenvalue weighted by Gasteiger charge is -2.36. The number of hydrogen-bond acceptors (Lipinski definition) is 2. The van der Waals surface area contributed by atoms with Gasteiger partial charge in [0.05, 0.1) is 0 Å². The maximum absolute atomic E-state index is 11.5. The third kappa shape index (κ3) is 2.39. The fourth-order valence-corrected chi connectivity index (χ4v) is 3.04. The highest BCUT2D eigenvalue weighted by Crippen LogP contribution is 2.37. The van der Waals surface area contributed by atoms with E-state index < -0.39 is 11.5 Å². The third-order valence-corrected chi connectivity index (χ3v) is 4.64. The summed E-state index contributed by atoms with van der Waals surface area (Å²) in [5, 5.41) is 9.50. The van der Waals surface area contributed by atoms with Crippen molar-refractivity contribution in [3.8, 4) is 0 Å². The van der Waals surface area contributed by atoms with Crippen molar-refractivity contribution in [1.82, 2.24) is 4.90 Å². The van der Waals surface area contributed by atoms with Crippen LogP contribution in [0.25, 0.3) is 0 Å². The van der Waals surface area contributed by atoms with E-state index in [0.29, 0.717) is 0 Å². The highest BCUT2D eigenvalue weighted by atomic mass is 16.4. The summed E-state index contributed by atoms with van der Waals surface area (Å²) in [5.74, 6) is -0.708. The number of carboxylic acids is 1. The van der Waals surface area contributed by atoms with E-state index in [1.807, 2.05) is 6.92 Å². The molecule has 1 aliphatic rings. The Morgan fingerprint density at radius 2 is 2.05 bits per heavy atom. The summed E-state index contributed by atoms with van der Waals surface area (Å²) >= 11 is 0. The fourth-order valence-electron chi connectivity index (χ4n) is 3.04. The normalized spacial score (nSPS) is 25.5. The van der Waals surface area contributed by atoms with Crippen LogP contribution in [0.15, 0.2) is 18.2 Å². The van der Waals surface area contributed by atoms with Gasteiger partial charge in [-0.25, -0.2) is 0 Å². The number of carboxylic acid groups (broad SMARTS) is 1. The van der Waals surface area contributed by atoms with Gasteiger partial charge in [0.25, 0.3) is 0 Å². The molecule has 2 rings (SSSR count). The van der Waals surface area contributed by atoms with E-state index in [0.717, 1.165) is 19.4 Å². The van der Waals surface area contributed by atoms with Crippen molar-refractivity contribution in [2.75, 3.05) is 6.54 Å². The van der Waals surface area contributed by atoms with Gasteiger partial charge in [0.1, 0.15) is 5.54 Å². The largest absolute Gasteiger partial charge is 0.480 e. The molecule has 1 heterocycles. The molecule has 3 heteroatoms. The van der Waals surface area contributed by atoms with Crippen LogP contribution in [0.2, 0.25) is 0 Å². The summed E-state index contributed by atoms with van der Waals surface area (Å²) < 4.78 is 0. The van der Waals surface area contributed by atoms with Gasteiger partial charge in [-0.2, -0.15) is 0 Å². The molecule has 0 amide bonds. The molecule has 0 spiro atoms. The minimum absolute atomic E-state index is 0.142. The van der Waals surface area contributed by atoms with E-state index in [1.54, 1.807) is 0 Å². The maximum Gasteiger partial charge on any atom is 0.323 e. The van der Waals surface area contributed by atoms with Gasteiger partial charge in [0.2, 0.25) is 0 Å². The number of aliphatic carboxylic acids is 1. The topological polar surface area (TPSA) is 40.5 Å². The number of nitrogens with zero attached hydrogens (tertiary/aromatic N) is 1. The Morgan fingerprint density at radius 1 is 1.37 bits per heavy atom. The predicted molar refractivity (Wildman–Crippen MR) is 76.3 cm³/mol. The van der Waals surface area contributed by atoms with Crippen molar-refractivity contribution in [2.45, 2.75) is 52.1 Å². The molecule has 2 unspecified atom stereocenters. The molecule has 0 saturated carbocycles. The number of benzene rings is 1. The molecule has 104 valence electrons. The quantitative estimate of drug-likeness (QED) is 0.907. The number of rotatable bonds is 3. The zero-order chi connectivity index (χ0) is 14.2. The van der Waals surface area contributed by atoms with E-state index in [1.165, 1.54) is 16.7 Å². The van der Waals surface area contributed by atoms with Gasteiger partial charge < -0.3 is 5.11 Å². The molecular formula is C16H23NO2. The summed E-state index contributed by atoms with van der Waals surface area (Å²) in [7, 11) is 0. The van der Waals surface area contributed by atoms with Crippen LogP contribution in [0, 0.1) is 13.8 Å². The van der Waals surface area contributed by atoms with Gasteiger partial charge >= 0.3 is 5.97 Å². The Hall–Kier alpha value is -1.35. The first-order valence-corrected chi connectivity index (χ1v) is 6.93. The highest BCUT2D eigenvalue weighted by Gasteiger charge is 2.45. The molecule has 1 aromatic rings. The monoisotopic (exact) mass is 261 g/mol. The van der Waals surface area contributed by atoms with Crippen LogP contribution in [-0.4, -0.2) is 28.1 Å². The first kappa shape index (κ1) is 14.1. The molecule has 0 bridgehead atoms. The molecule has 1 saturated heterocycles. The molecular weight excluding hydrogens is 238 g/mol. The molecule has 0 aliphatic carbocycles. The van der Waals surface area contributed by atoms with E-state index in [2.05, 4.69) is 43.9 Å². The zero-order valence-corrected chi connectivity index (χ0v) is 12.2. The van der Waals surface area contributed by atoms with Gasteiger partial charge in [-0.05, 0) is 63.8 Å². The predicted octanol–water partition coefficient (Wildman–Crippen LogP) is 3.30. The van der Waals surface area contributed by atoms with Gasteiger partial charge in [0, 0.05) is 6.04 Å². The summed E-state index contributed by atoms with van der Waals surface area (Å²) in [6.45, 7) is 9.01. The second-order valence-electron chi connectivity index (χ2n) is 5.90. The molecule has 3 nitrogen and oxygen atoms in total. The number of carbonyl (C=O) groups is 1. The average Bonchev–Trinajstić information content (AvgIpc) is 2.75. The van der Waals surface area contributed by atoms with Gasteiger partial charge in [-0.3, -0.25) is 9.69 Å². The Balaban J connectivity index is 2.30. The second kappa shape index (κ2) is 4.97. The van der Waals surface area contributed by atoms with Gasteiger partial charge in [-0.15, -0.1) is 0 Å². The fraction of sp³-hybridized carbons (Fsp3) is 0.562. The van der Waals surface area contributed by atoms with Crippen LogP contribution in [-0.2, 0) is 4.79 Å². The SMILES string of the molecule is Cc1ccc(C(C)N2CCCC2(C)C(=O)O)cc1C. The highest BCUT2D eigenvalue weighted by molar-refractivity contribution is 5.78. The molecule has 1 aromatic carbocycles. The Morgan fingerprint density at radius 3 is 2.63 bits per heavy atom. The molecule has 19 heavy (non-hydrogen) atoms. The zero-order valence-electron chi connectivity index (χ0n) is 12.2. The van der Waals surface area contributed by atoms with Crippen LogP contribution < -0.4 is 0 Å². The lowest BCUT2D eigenvalue weighted by molar-refractivity contribution is -0.149. The molecule has 2 atom stereocenters. The molecule has 1 N–H and O–H groups in total. The van der Waals surface area contributed by atoms with E-state index in [-0.39, 0.29) is 6.04 Å². The minimum atomic E-state index is -0.724. The third-order valence-electron chi connectivity index (χ3n) is 4.64. The van der Waals surface area contributed by atoms with Crippen LogP contribution in [0.4, 0.5) is 0 Å². The first-order chi connectivity index (χ1) is 8.86. The van der Waals surface area contributed by atoms with Crippen molar-refractivity contribution in [2.24, 2.45) is 0 Å². The lowest BCUT2D eigenvalue weighted by Crippen LogP contribution is -2.48. The van der Waals surface area contributed by atoms with E-state index in [9.17, 15) is 9.90 Å². The second-order valence-corrected chi connectivity index (χ2v) is 5.90. The Bertz CT molecular complexity index is 498. The smallest absolute Gasteiger partial charge is 0.323 e. The Kier molecular flexibility index (Phi) is 3.68. The summed E-state index contributed by atoms with van der Waals surface area (Å²) in [6, 6.07) is 6.56. The standard InChI is InChI=1S/C16H23NO2/c1-11-6-7-14(10-12(11)2)13(3)17-9-5-8-16(17,4)15(18)19/h6-7,10,13H,5,8-9H2,1-4H3,(H,18,19). The average molecular weight is 261 g/mol. The minimum Gasteiger partial charge on any atom is -0.480 e. The van der Waals surface area contributed by atoms with Crippen molar-refractivity contribution >= 4 is 5.97 Å². The van der Waals surface area contributed by atoms with Crippen LogP contribution in [0.1, 0.15) is 49.4 Å². The molecule has 0 aromatic heterocycles. The van der Waals surface area contributed by atoms with Crippen molar-refractivity contribution in [3.63, 3.8) is 0 Å². The number of hydrogen-bond donors (Lipinski definition) is 1. The van der Waals surface area contributed by atoms with Crippen molar-refractivity contribution < 1.29 is 9.90 Å². The van der Waals surface area contributed by atoms with Crippen molar-refractivity contribution in [3.05, 3.63) is 34.9 Å². The summed E-state index contributed by atoms with van der Waals surface area (Å²) in [6.07, 6.45) is 1.69. The molecule has 0 radical (unpaired) electrons. The lowest BCUT2D eigenvalue weighted by atomic mass is 9.95. The first-order valence-electron chi connectivity index (χ1n) is 6.93. The van der Waals surface area contributed by atoms with Crippen LogP contribution in [0.3, 0.4) is 0 Å². The van der Waals surface area contributed by atoms with E-state index >= 15 is 0 Å². The number of aryl methyl sites for hydroxylation is 2. The summed E-state index contributed by atoms with van der Waals surface area (Å²) in [5.41, 5.74) is 3.02. The van der Waals surface area contributed by atoms with Gasteiger partial charge in [0.15, 0.2) is 0 Å². The van der Waals surface area contributed by atoms with Crippen LogP contribution >= 0.6 is 0 Å².